The summed E-state index contributed by atoms with van der Waals surface area (Å²) < 4.78 is 41.9. The minimum atomic E-state index is -3.50. The number of nitrogens with zero attached hydrogens (tertiary/aromatic N) is 3. The van der Waals surface area contributed by atoms with Crippen molar-refractivity contribution in [1.82, 2.24) is 19.7 Å². The lowest BCUT2D eigenvalue weighted by atomic mass is 9.86. The molecule has 1 aromatic carbocycles. The molecule has 8 nitrogen and oxygen atoms in total. The Bertz CT molecular complexity index is 974. The van der Waals surface area contributed by atoms with Gasteiger partial charge in [0.15, 0.2) is 0 Å². The number of hydrogen-bond acceptors (Lipinski definition) is 6. The minimum Gasteiger partial charge on any atom is -0.371 e. The van der Waals surface area contributed by atoms with Gasteiger partial charge in [-0.2, -0.15) is 0 Å². The molecule has 2 saturated heterocycles. The molecule has 168 valence electrons. The SMILES string of the molecule is O=S(=O)(Cc1ccccc1)NC1COC2C1OCC2n1cc(CC2CCCCC2)nn1. The van der Waals surface area contributed by atoms with Gasteiger partial charge in [-0.25, -0.2) is 17.8 Å². The smallest absolute Gasteiger partial charge is 0.216 e. The van der Waals surface area contributed by atoms with Crippen LogP contribution in [0.15, 0.2) is 36.5 Å². The largest absolute Gasteiger partial charge is 0.371 e. The van der Waals surface area contributed by atoms with Gasteiger partial charge in [-0.1, -0.05) is 67.6 Å². The van der Waals surface area contributed by atoms with Gasteiger partial charge in [0.25, 0.3) is 0 Å². The number of benzene rings is 1. The first-order chi connectivity index (χ1) is 15.1. The summed E-state index contributed by atoms with van der Waals surface area (Å²) in [7, 11) is -3.50. The van der Waals surface area contributed by atoms with Crippen molar-refractivity contribution in [2.24, 2.45) is 5.92 Å². The standard InChI is InChI=1S/C22H30N4O4S/c27-31(28,15-17-9-5-2-6-10-17)24-19-13-29-22-20(14-30-21(19)22)26-12-18(23-25-26)11-16-7-3-1-4-8-16/h2,5-6,9-10,12,16,19-22,24H,1,3-4,7-8,11,13-15H2. The van der Waals surface area contributed by atoms with Gasteiger partial charge in [0.1, 0.15) is 18.2 Å². The highest BCUT2D eigenvalue weighted by atomic mass is 32.2. The predicted molar refractivity (Wildman–Crippen MR) is 115 cm³/mol. The number of ether oxygens (including phenoxy) is 2. The Labute approximate surface area is 183 Å². The fourth-order valence-corrected chi connectivity index (χ4v) is 6.51. The molecule has 2 aliphatic heterocycles. The summed E-state index contributed by atoms with van der Waals surface area (Å²) in [6.07, 6.45) is 8.97. The van der Waals surface area contributed by atoms with E-state index >= 15 is 0 Å². The second-order valence-electron chi connectivity index (χ2n) is 9.03. The molecule has 0 spiro atoms. The van der Waals surface area contributed by atoms with Crippen LogP contribution in [0.1, 0.15) is 49.4 Å². The van der Waals surface area contributed by atoms with Gasteiger partial charge >= 0.3 is 0 Å². The Hall–Kier alpha value is -1.81. The van der Waals surface area contributed by atoms with Crippen molar-refractivity contribution >= 4 is 10.0 Å². The molecule has 3 aliphatic rings. The van der Waals surface area contributed by atoms with Crippen molar-refractivity contribution in [3.05, 3.63) is 47.8 Å². The molecule has 1 N–H and O–H groups in total. The summed E-state index contributed by atoms with van der Waals surface area (Å²) in [5.41, 5.74) is 1.78. The maximum atomic E-state index is 12.6. The van der Waals surface area contributed by atoms with Crippen LogP contribution in [0.3, 0.4) is 0 Å². The Balaban J connectivity index is 1.20. The highest BCUT2D eigenvalue weighted by Gasteiger charge is 2.49. The van der Waals surface area contributed by atoms with Crippen LogP contribution < -0.4 is 4.72 Å². The normalized spacial score (nSPS) is 29.3. The third-order valence-corrected chi connectivity index (χ3v) is 8.05. The van der Waals surface area contributed by atoms with Gasteiger partial charge in [-0.3, -0.25) is 0 Å². The van der Waals surface area contributed by atoms with Crippen LogP contribution in [-0.2, 0) is 31.7 Å². The van der Waals surface area contributed by atoms with Gasteiger partial charge in [-0.05, 0) is 17.9 Å². The fourth-order valence-electron chi connectivity index (χ4n) is 5.13. The maximum absolute atomic E-state index is 12.6. The second kappa shape index (κ2) is 8.97. The molecule has 4 atom stereocenters. The Morgan fingerprint density at radius 1 is 1.03 bits per heavy atom. The number of nitrogens with one attached hydrogen (secondary N) is 1. The zero-order valence-corrected chi connectivity index (χ0v) is 18.4. The monoisotopic (exact) mass is 446 g/mol. The van der Waals surface area contributed by atoms with E-state index < -0.39 is 16.1 Å². The third-order valence-electron chi connectivity index (χ3n) is 6.68. The van der Waals surface area contributed by atoms with Crippen LogP contribution in [0.2, 0.25) is 0 Å². The third kappa shape index (κ3) is 4.84. The van der Waals surface area contributed by atoms with Crippen LogP contribution in [0.5, 0.6) is 0 Å². The van der Waals surface area contributed by atoms with Crippen LogP contribution in [0.4, 0.5) is 0 Å². The van der Waals surface area contributed by atoms with E-state index in [1.807, 2.05) is 41.2 Å². The molecule has 9 heteroatoms. The molecular formula is C22H30N4O4S. The maximum Gasteiger partial charge on any atom is 0.216 e. The molecule has 1 aliphatic carbocycles. The molecule has 5 rings (SSSR count). The Morgan fingerprint density at radius 2 is 1.81 bits per heavy atom. The fraction of sp³-hybridized carbons (Fsp3) is 0.636. The molecule has 0 amide bonds. The molecule has 3 heterocycles. The molecule has 31 heavy (non-hydrogen) atoms. The van der Waals surface area contributed by atoms with Crippen molar-refractivity contribution < 1.29 is 17.9 Å². The zero-order chi connectivity index (χ0) is 21.3. The lowest BCUT2D eigenvalue weighted by molar-refractivity contribution is 0.0624. The van der Waals surface area contributed by atoms with E-state index in [2.05, 4.69) is 15.0 Å². The van der Waals surface area contributed by atoms with Gasteiger partial charge in [-0.15, -0.1) is 5.10 Å². The Kier molecular flexibility index (Phi) is 6.10. The van der Waals surface area contributed by atoms with E-state index in [0.29, 0.717) is 19.1 Å². The first-order valence-electron chi connectivity index (χ1n) is 11.3. The predicted octanol–water partition coefficient (Wildman–Crippen LogP) is 2.23. The number of rotatable bonds is 7. The first kappa shape index (κ1) is 21.1. The average Bonchev–Trinajstić information content (AvgIpc) is 3.47. The summed E-state index contributed by atoms with van der Waals surface area (Å²) in [6.45, 7) is 0.738. The van der Waals surface area contributed by atoms with Gasteiger partial charge in [0, 0.05) is 6.20 Å². The topological polar surface area (TPSA) is 95.3 Å². The van der Waals surface area contributed by atoms with Crippen LogP contribution in [0, 0.1) is 5.92 Å². The second-order valence-corrected chi connectivity index (χ2v) is 10.8. The molecule has 0 radical (unpaired) electrons. The average molecular weight is 447 g/mol. The van der Waals surface area contributed by atoms with E-state index in [0.717, 1.165) is 17.7 Å². The first-order valence-corrected chi connectivity index (χ1v) is 12.9. The summed E-state index contributed by atoms with van der Waals surface area (Å²) in [4.78, 5) is 0. The van der Waals surface area contributed by atoms with Crippen LogP contribution in [0.25, 0.3) is 0 Å². The molecule has 3 fully saturated rings. The van der Waals surface area contributed by atoms with Gasteiger partial charge in [0.2, 0.25) is 10.0 Å². The van der Waals surface area contributed by atoms with Gasteiger partial charge < -0.3 is 9.47 Å². The van der Waals surface area contributed by atoms with Crippen molar-refractivity contribution in [3.63, 3.8) is 0 Å². The lowest BCUT2D eigenvalue weighted by Gasteiger charge is -2.20. The highest BCUT2D eigenvalue weighted by molar-refractivity contribution is 7.88. The van der Waals surface area contributed by atoms with E-state index in [-0.39, 0.29) is 24.0 Å². The van der Waals surface area contributed by atoms with E-state index in [1.54, 1.807) is 0 Å². The molecule has 4 unspecified atom stereocenters. The summed E-state index contributed by atoms with van der Waals surface area (Å²) in [5, 5.41) is 8.73. The van der Waals surface area contributed by atoms with Crippen LogP contribution in [-0.4, -0.2) is 54.9 Å². The van der Waals surface area contributed by atoms with E-state index in [1.165, 1.54) is 32.1 Å². The summed E-state index contributed by atoms with van der Waals surface area (Å²) in [6, 6.07) is 8.69. The van der Waals surface area contributed by atoms with Gasteiger partial charge in [0.05, 0.1) is 30.7 Å². The van der Waals surface area contributed by atoms with Crippen molar-refractivity contribution in [2.75, 3.05) is 13.2 Å². The number of aromatic nitrogens is 3. The van der Waals surface area contributed by atoms with Crippen molar-refractivity contribution in [1.29, 1.82) is 0 Å². The summed E-state index contributed by atoms with van der Waals surface area (Å²) in [5.74, 6) is 0.649. The quantitative estimate of drug-likeness (QED) is 0.701. The molecular weight excluding hydrogens is 416 g/mol. The summed E-state index contributed by atoms with van der Waals surface area (Å²) >= 11 is 0. The minimum absolute atomic E-state index is 0.0568. The van der Waals surface area contributed by atoms with E-state index in [4.69, 9.17) is 9.47 Å². The van der Waals surface area contributed by atoms with Crippen LogP contribution >= 0.6 is 0 Å². The molecule has 1 saturated carbocycles. The highest BCUT2D eigenvalue weighted by Crippen LogP contribution is 2.34. The van der Waals surface area contributed by atoms with Crippen molar-refractivity contribution in [3.8, 4) is 0 Å². The van der Waals surface area contributed by atoms with E-state index in [9.17, 15) is 8.42 Å². The molecule has 1 aromatic heterocycles. The number of fused-ring (bicyclic) bond motifs is 1. The molecule has 0 bridgehead atoms. The number of sulfonamides is 1. The number of hydrogen-bond donors (Lipinski definition) is 1. The Morgan fingerprint density at radius 3 is 2.61 bits per heavy atom. The van der Waals surface area contributed by atoms with Crippen molar-refractivity contribution in [2.45, 2.75) is 68.6 Å². The lowest BCUT2D eigenvalue weighted by Crippen LogP contribution is -2.44. The zero-order valence-electron chi connectivity index (χ0n) is 17.6. The molecule has 2 aromatic rings.